The molecule has 0 radical (unpaired) electrons. The third-order valence-corrected chi connectivity index (χ3v) is 10.5. The van der Waals surface area contributed by atoms with Crippen molar-refractivity contribution in [2.75, 3.05) is 39.0 Å². The van der Waals surface area contributed by atoms with E-state index in [9.17, 15) is 18.0 Å². The van der Waals surface area contributed by atoms with Crippen LogP contribution < -0.4 is 22.1 Å². The van der Waals surface area contributed by atoms with E-state index in [4.69, 9.17) is 16.2 Å². The fourth-order valence-electron chi connectivity index (χ4n) is 6.11. The molecule has 12 heteroatoms. The van der Waals surface area contributed by atoms with Gasteiger partial charge >= 0.3 is 6.09 Å². The van der Waals surface area contributed by atoms with E-state index in [-0.39, 0.29) is 30.6 Å². The second kappa shape index (κ2) is 16.0. The Morgan fingerprint density at radius 2 is 1.44 bits per heavy atom. The zero-order valence-electron chi connectivity index (χ0n) is 26.8. The van der Waals surface area contributed by atoms with Crippen LogP contribution in [0.5, 0.6) is 0 Å². The Morgan fingerprint density at radius 1 is 0.875 bits per heavy atom. The maximum absolute atomic E-state index is 14.1. The number of ether oxygens (including phenoxy) is 1. The number of nitrogens with one attached hydrogen (secondary N) is 2. The number of hydrogen-bond donors (Lipinski definition) is 4. The van der Waals surface area contributed by atoms with E-state index in [0.29, 0.717) is 18.8 Å². The molecule has 6 N–H and O–H groups in total. The Hall–Kier alpha value is -4.59. The average Bonchev–Trinajstić information content (AvgIpc) is 3.58. The summed E-state index contributed by atoms with van der Waals surface area (Å²) in [7, 11) is -2.72. The lowest BCUT2D eigenvalue weighted by molar-refractivity contribution is -0.131. The van der Waals surface area contributed by atoms with Crippen molar-refractivity contribution in [3.05, 3.63) is 132 Å². The number of carbonyl (C=O) groups is 2. The van der Waals surface area contributed by atoms with Gasteiger partial charge in [-0.1, -0.05) is 91.0 Å². The lowest BCUT2D eigenvalue weighted by atomic mass is 9.85. The highest BCUT2D eigenvalue weighted by atomic mass is 32.2. The summed E-state index contributed by atoms with van der Waals surface area (Å²) in [6, 6.07) is 32.6. The van der Waals surface area contributed by atoms with Crippen LogP contribution in [-0.2, 0) is 26.1 Å². The van der Waals surface area contributed by atoms with E-state index < -0.39 is 40.0 Å². The first-order valence-corrected chi connectivity index (χ1v) is 17.2. The number of imide groups is 1. The molecule has 4 aromatic carbocycles. The number of amides is 2. The Bertz CT molecular complexity index is 1700. The molecule has 252 valence electrons. The first-order valence-electron chi connectivity index (χ1n) is 15.8. The van der Waals surface area contributed by atoms with Crippen LogP contribution in [0.25, 0.3) is 0 Å². The van der Waals surface area contributed by atoms with Gasteiger partial charge in [0.05, 0.1) is 24.1 Å². The van der Waals surface area contributed by atoms with Crippen LogP contribution >= 0.6 is 0 Å². The van der Waals surface area contributed by atoms with Crippen LogP contribution in [0.15, 0.2) is 120 Å². The summed E-state index contributed by atoms with van der Waals surface area (Å²) in [6.45, 7) is 1.17. The van der Waals surface area contributed by atoms with Crippen molar-refractivity contribution in [2.45, 2.75) is 35.5 Å². The Balaban J connectivity index is 1.34. The number of benzene rings is 4. The maximum Gasteiger partial charge on any atom is 0.416 e. The van der Waals surface area contributed by atoms with Crippen molar-refractivity contribution >= 4 is 27.7 Å². The number of hydrogen-bond acceptors (Lipinski definition) is 9. The predicted octanol–water partition coefficient (Wildman–Crippen LogP) is 3.14. The van der Waals surface area contributed by atoms with Crippen molar-refractivity contribution in [2.24, 2.45) is 5.73 Å². The standard InChI is InChI=1S/C36H42N6O5S/c1-47-36(44)41(35(43)34(38)33(27-13-7-3-8-14-27)28-15-9-4-10-16-28)22-21-40-31-23-39-24-32(31)42(25-26-11-5-2-6-12-26)48(45,46)30-19-17-29(37)18-20-30/h2-20,31-34,39-40H,21-25,37-38H2,1H3/t31-,32-,34+/m1/s1. The highest BCUT2D eigenvalue weighted by Crippen LogP contribution is 2.29. The van der Waals surface area contributed by atoms with Gasteiger partial charge in [0, 0.05) is 50.4 Å². The molecule has 1 aliphatic heterocycles. The number of rotatable bonds is 13. The summed E-state index contributed by atoms with van der Waals surface area (Å²) in [5.41, 5.74) is 15.5. The molecule has 2 amide bonds. The van der Waals surface area contributed by atoms with E-state index >= 15 is 0 Å². The van der Waals surface area contributed by atoms with E-state index in [1.54, 1.807) is 12.1 Å². The second-order valence-electron chi connectivity index (χ2n) is 11.7. The molecule has 0 bridgehead atoms. The molecule has 0 aliphatic carbocycles. The van der Waals surface area contributed by atoms with Crippen LogP contribution in [0.4, 0.5) is 10.5 Å². The average molecular weight is 671 g/mol. The number of nitrogen functional groups attached to an aromatic ring is 1. The molecule has 4 aromatic rings. The molecule has 1 heterocycles. The number of sulfonamides is 1. The van der Waals surface area contributed by atoms with Gasteiger partial charge in [-0.2, -0.15) is 4.31 Å². The highest BCUT2D eigenvalue weighted by molar-refractivity contribution is 7.89. The Labute approximate surface area is 281 Å². The summed E-state index contributed by atoms with van der Waals surface area (Å²) in [6.07, 6.45) is -0.824. The minimum absolute atomic E-state index is 0.0396. The second-order valence-corrected chi connectivity index (χ2v) is 13.6. The molecule has 1 aliphatic rings. The van der Waals surface area contributed by atoms with Gasteiger partial charge in [0.15, 0.2) is 0 Å². The number of carbonyl (C=O) groups excluding carboxylic acids is 2. The molecule has 0 unspecified atom stereocenters. The summed E-state index contributed by atoms with van der Waals surface area (Å²) < 4.78 is 34.6. The quantitative estimate of drug-likeness (QED) is 0.157. The summed E-state index contributed by atoms with van der Waals surface area (Å²) in [5, 5.41) is 6.70. The van der Waals surface area contributed by atoms with Crippen molar-refractivity contribution in [1.29, 1.82) is 0 Å². The molecule has 48 heavy (non-hydrogen) atoms. The number of anilines is 1. The van der Waals surface area contributed by atoms with E-state index in [1.165, 1.54) is 23.5 Å². The van der Waals surface area contributed by atoms with Gasteiger partial charge in [0.2, 0.25) is 15.9 Å². The largest absolute Gasteiger partial charge is 0.452 e. The molecule has 1 fully saturated rings. The normalized spacial score (nSPS) is 16.9. The minimum atomic E-state index is -3.94. The summed E-state index contributed by atoms with van der Waals surface area (Å²) >= 11 is 0. The smallest absolute Gasteiger partial charge is 0.416 e. The van der Waals surface area contributed by atoms with Crippen LogP contribution in [0.2, 0.25) is 0 Å². The van der Waals surface area contributed by atoms with Gasteiger partial charge in [-0.3, -0.25) is 4.79 Å². The highest BCUT2D eigenvalue weighted by Gasteiger charge is 2.40. The van der Waals surface area contributed by atoms with Crippen LogP contribution in [0, 0.1) is 0 Å². The number of methoxy groups -OCH3 is 1. The summed E-state index contributed by atoms with van der Waals surface area (Å²) in [4.78, 5) is 28.0. The third kappa shape index (κ3) is 8.09. The van der Waals surface area contributed by atoms with Gasteiger partial charge in [-0.05, 0) is 41.0 Å². The third-order valence-electron chi connectivity index (χ3n) is 8.58. The summed E-state index contributed by atoms with van der Waals surface area (Å²) in [5.74, 6) is -1.09. The molecule has 0 saturated carbocycles. The van der Waals surface area contributed by atoms with Crippen molar-refractivity contribution in [1.82, 2.24) is 19.8 Å². The van der Waals surface area contributed by atoms with E-state index in [2.05, 4.69) is 10.6 Å². The monoisotopic (exact) mass is 670 g/mol. The first kappa shape index (κ1) is 34.7. The van der Waals surface area contributed by atoms with Gasteiger partial charge in [-0.15, -0.1) is 0 Å². The topological polar surface area (TPSA) is 160 Å². The Morgan fingerprint density at radius 3 is 2.00 bits per heavy atom. The maximum atomic E-state index is 14.1. The molecule has 0 spiro atoms. The van der Waals surface area contributed by atoms with Crippen LogP contribution in [0.1, 0.15) is 22.6 Å². The Kier molecular flexibility index (Phi) is 11.6. The molecule has 1 saturated heterocycles. The van der Waals surface area contributed by atoms with Gasteiger partial charge in [-0.25, -0.2) is 18.1 Å². The van der Waals surface area contributed by atoms with Gasteiger partial charge in [0.25, 0.3) is 0 Å². The van der Waals surface area contributed by atoms with Crippen molar-refractivity contribution < 1.29 is 22.7 Å². The molecular weight excluding hydrogens is 629 g/mol. The minimum Gasteiger partial charge on any atom is -0.452 e. The predicted molar refractivity (Wildman–Crippen MR) is 185 cm³/mol. The molecular formula is C36H42N6O5S. The van der Waals surface area contributed by atoms with E-state index in [0.717, 1.165) is 21.6 Å². The zero-order valence-corrected chi connectivity index (χ0v) is 27.6. The lowest BCUT2D eigenvalue weighted by Gasteiger charge is -2.33. The fraction of sp³-hybridized carbons (Fsp3) is 0.278. The first-order chi connectivity index (χ1) is 23.2. The van der Waals surface area contributed by atoms with Crippen molar-refractivity contribution in [3.8, 4) is 0 Å². The SMILES string of the molecule is COC(=O)N(CCN[C@@H]1CNC[C@H]1N(Cc1ccccc1)S(=O)(=O)c1ccc(N)cc1)C(=O)[C@@H](N)C(c1ccccc1)c1ccccc1. The van der Waals surface area contributed by atoms with Crippen molar-refractivity contribution in [3.63, 3.8) is 0 Å². The molecule has 11 nitrogen and oxygen atoms in total. The number of nitrogens with zero attached hydrogens (tertiary/aromatic N) is 2. The van der Waals surface area contributed by atoms with Crippen LogP contribution in [-0.4, -0.2) is 81.0 Å². The molecule has 3 atom stereocenters. The number of nitrogens with two attached hydrogens (primary N) is 2. The van der Waals surface area contributed by atoms with Gasteiger partial charge in [0.1, 0.15) is 0 Å². The van der Waals surface area contributed by atoms with E-state index in [1.807, 2.05) is 91.0 Å². The lowest BCUT2D eigenvalue weighted by Crippen LogP contribution is -2.54. The fourth-order valence-corrected chi connectivity index (χ4v) is 7.76. The molecule has 0 aromatic heterocycles. The van der Waals surface area contributed by atoms with Crippen LogP contribution in [0.3, 0.4) is 0 Å². The molecule has 5 rings (SSSR count). The zero-order chi connectivity index (χ0) is 34.1. The van der Waals surface area contributed by atoms with Gasteiger partial charge < -0.3 is 26.8 Å².